The molecule has 11 heteroatoms. The van der Waals surface area contributed by atoms with E-state index < -0.39 is 34.1 Å². The summed E-state index contributed by atoms with van der Waals surface area (Å²) >= 11 is 0. The van der Waals surface area contributed by atoms with Gasteiger partial charge in [0.2, 0.25) is 0 Å². The lowest BCUT2D eigenvalue weighted by atomic mass is 10.1. The SMILES string of the molecule is CN(C)c1cccc2c(S(=O)(=O)Nc3ccn([C@H]4C[C@H](O)[C@@H](CO)O4)c(=O)n3)cccc12. The highest BCUT2D eigenvalue weighted by Gasteiger charge is 2.35. The molecule has 0 bridgehead atoms. The molecule has 170 valence electrons. The molecule has 3 atom stereocenters. The van der Waals surface area contributed by atoms with Crippen LogP contribution in [-0.2, 0) is 14.8 Å². The Kier molecular flexibility index (Phi) is 5.91. The Bertz CT molecular complexity index is 1310. The van der Waals surface area contributed by atoms with E-state index in [2.05, 4.69) is 9.71 Å². The largest absolute Gasteiger partial charge is 0.394 e. The van der Waals surface area contributed by atoms with Gasteiger partial charge in [0, 0.05) is 43.2 Å². The van der Waals surface area contributed by atoms with Crippen molar-refractivity contribution in [3.63, 3.8) is 0 Å². The molecule has 10 nitrogen and oxygen atoms in total. The highest BCUT2D eigenvalue weighted by molar-refractivity contribution is 7.93. The molecule has 0 unspecified atom stereocenters. The highest BCUT2D eigenvalue weighted by Crippen LogP contribution is 2.31. The van der Waals surface area contributed by atoms with Gasteiger partial charge in [0.05, 0.1) is 17.6 Å². The summed E-state index contributed by atoms with van der Waals surface area (Å²) in [5.74, 6) is -0.135. The van der Waals surface area contributed by atoms with Gasteiger partial charge in [-0.3, -0.25) is 9.29 Å². The summed E-state index contributed by atoms with van der Waals surface area (Å²) in [5, 5.41) is 20.4. The molecule has 1 aliphatic rings. The predicted octanol–water partition coefficient (Wildman–Crippen LogP) is 0.904. The van der Waals surface area contributed by atoms with Crippen molar-refractivity contribution in [2.45, 2.75) is 29.8 Å². The van der Waals surface area contributed by atoms with Gasteiger partial charge in [-0.05, 0) is 18.2 Å². The first-order valence-corrected chi connectivity index (χ1v) is 11.4. The Morgan fingerprint density at radius 1 is 1.19 bits per heavy atom. The van der Waals surface area contributed by atoms with Crippen LogP contribution in [0.3, 0.4) is 0 Å². The molecule has 1 aliphatic heterocycles. The zero-order chi connectivity index (χ0) is 23.0. The van der Waals surface area contributed by atoms with Crippen LogP contribution < -0.4 is 15.3 Å². The lowest BCUT2D eigenvalue weighted by Crippen LogP contribution is -2.28. The van der Waals surface area contributed by atoms with E-state index in [-0.39, 0.29) is 23.7 Å². The number of nitrogens with zero attached hydrogens (tertiary/aromatic N) is 3. The molecule has 0 spiro atoms. The molecule has 1 aromatic heterocycles. The van der Waals surface area contributed by atoms with Crippen molar-refractivity contribution in [1.82, 2.24) is 9.55 Å². The van der Waals surface area contributed by atoms with E-state index in [0.717, 1.165) is 15.6 Å². The van der Waals surface area contributed by atoms with Gasteiger partial charge in [0.1, 0.15) is 18.1 Å². The first-order chi connectivity index (χ1) is 15.2. The second-order valence-corrected chi connectivity index (χ2v) is 9.40. The summed E-state index contributed by atoms with van der Waals surface area (Å²) in [5.41, 5.74) is 0.133. The molecule has 32 heavy (non-hydrogen) atoms. The summed E-state index contributed by atoms with van der Waals surface area (Å²) in [7, 11) is -0.280. The minimum Gasteiger partial charge on any atom is -0.394 e. The Morgan fingerprint density at radius 2 is 1.91 bits per heavy atom. The Hall–Kier alpha value is -2.99. The average molecular weight is 461 g/mol. The van der Waals surface area contributed by atoms with Gasteiger partial charge in [-0.2, -0.15) is 4.98 Å². The quantitative estimate of drug-likeness (QED) is 0.494. The van der Waals surface area contributed by atoms with Crippen LogP contribution in [0, 0.1) is 0 Å². The zero-order valence-electron chi connectivity index (χ0n) is 17.5. The molecule has 0 radical (unpaired) electrons. The van der Waals surface area contributed by atoms with Crippen LogP contribution in [0.25, 0.3) is 10.8 Å². The third-order valence-corrected chi connectivity index (χ3v) is 6.81. The fourth-order valence-corrected chi connectivity index (χ4v) is 5.04. The molecule has 2 aromatic carbocycles. The van der Waals surface area contributed by atoms with Crippen molar-refractivity contribution in [1.29, 1.82) is 0 Å². The molecule has 1 fully saturated rings. The lowest BCUT2D eigenvalue weighted by Gasteiger charge is -2.17. The van der Waals surface area contributed by atoms with Crippen LogP contribution in [-0.4, -0.2) is 61.1 Å². The molecule has 3 N–H and O–H groups in total. The number of hydrogen-bond acceptors (Lipinski definition) is 8. The third-order valence-electron chi connectivity index (χ3n) is 5.39. The maximum atomic E-state index is 13.1. The number of sulfonamides is 1. The molecule has 1 saturated heterocycles. The smallest absolute Gasteiger partial charge is 0.351 e. The Labute approximate surface area is 184 Å². The van der Waals surface area contributed by atoms with Crippen LogP contribution in [0.5, 0.6) is 0 Å². The number of aromatic nitrogens is 2. The molecule has 0 saturated carbocycles. The van der Waals surface area contributed by atoms with E-state index in [4.69, 9.17) is 4.74 Å². The van der Waals surface area contributed by atoms with E-state index in [0.29, 0.717) is 5.39 Å². The summed E-state index contributed by atoms with van der Waals surface area (Å²) in [6.45, 7) is -0.377. The molecular weight excluding hydrogens is 436 g/mol. The average Bonchev–Trinajstić information content (AvgIpc) is 3.12. The maximum absolute atomic E-state index is 13.1. The van der Waals surface area contributed by atoms with Crippen LogP contribution in [0.2, 0.25) is 0 Å². The van der Waals surface area contributed by atoms with Crippen LogP contribution in [0.15, 0.2) is 58.4 Å². The van der Waals surface area contributed by atoms with Crippen LogP contribution >= 0.6 is 0 Å². The number of fused-ring (bicyclic) bond motifs is 1. The summed E-state index contributed by atoms with van der Waals surface area (Å²) in [6.07, 6.45) is -1.04. The molecule has 4 rings (SSSR count). The maximum Gasteiger partial charge on any atom is 0.351 e. The summed E-state index contributed by atoms with van der Waals surface area (Å²) < 4.78 is 35.2. The number of benzene rings is 2. The van der Waals surface area contributed by atoms with E-state index >= 15 is 0 Å². The van der Waals surface area contributed by atoms with Gasteiger partial charge < -0.3 is 19.8 Å². The van der Waals surface area contributed by atoms with Crippen LogP contribution in [0.4, 0.5) is 11.5 Å². The highest BCUT2D eigenvalue weighted by atomic mass is 32.2. The van der Waals surface area contributed by atoms with E-state index in [1.54, 1.807) is 18.2 Å². The zero-order valence-corrected chi connectivity index (χ0v) is 18.4. The first kappa shape index (κ1) is 22.2. The minimum absolute atomic E-state index is 0.0673. The Morgan fingerprint density at radius 3 is 2.56 bits per heavy atom. The Balaban J connectivity index is 1.64. The molecule has 0 aliphatic carbocycles. The topological polar surface area (TPSA) is 134 Å². The van der Waals surface area contributed by atoms with Crippen molar-refractivity contribution in [3.8, 4) is 0 Å². The van der Waals surface area contributed by atoms with Gasteiger partial charge in [-0.15, -0.1) is 0 Å². The van der Waals surface area contributed by atoms with Crippen molar-refractivity contribution < 1.29 is 23.4 Å². The van der Waals surface area contributed by atoms with E-state index in [9.17, 15) is 23.4 Å². The number of anilines is 2. The summed E-state index contributed by atoms with van der Waals surface area (Å²) in [6, 6.07) is 11.8. The second kappa shape index (κ2) is 8.51. The summed E-state index contributed by atoms with van der Waals surface area (Å²) in [4.78, 5) is 18.3. The van der Waals surface area contributed by atoms with Crippen LogP contribution in [0.1, 0.15) is 12.6 Å². The fraction of sp³-hybridized carbons (Fsp3) is 0.333. The van der Waals surface area contributed by atoms with E-state index in [1.165, 1.54) is 18.3 Å². The number of hydrogen-bond donors (Lipinski definition) is 3. The number of ether oxygens (including phenoxy) is 1. The molecule has 3 aromatic rings. The number of aliphatic hydroxyl groups is 2. The number of nitrogens with one attached hydrogen (secondary N) is 1. The first-order valence-electron chi connectivity index (χ1n) is 9.96. The molecule has 2 heterocycles. The fourth-order valence-electron chi connectivity index (χ4n) is 3.82. The van der Waals surface area contributed by atoms with Gasteiger partial charge in [-0.1, -0.05) is 24.3 Å². The third kappa shape index (κ3) is 4.07. The van der Waals surface area contributed by atoms with Gasteiger partial charge in [0.15, 0.2) is 0 Å². The molecular formula is C21H24N4O6S. The predicted molar refractivity (Wildman–Crippen MR) is 119 cm³/mol. The second-order valence-electron chi connectivity index (χ2n) is 7.75. The van der Waals surface area contributed by atoms with Gasteiger partial charge in [0.25, 0.3) is 10.0 Å². The number of aliphatic hydroxyl groups excluding tert-OH is 2. The van der Waals surface area contributed by atoms with Crippen molar-refractivity contribution in [2.75, 3.05) is 30.3 Å². The lowest BCUT2D eigenvalue weighted by molar-refractivity contribution is -0.0458. The molecule has 0 amide bonds. The normalized spacial score (nSPS) is 21.1. The van der Waals surface area contributed by atoms with Gasteiger partial charge >= 0.3 is 5.69 Å². The van der Waals surface area contributed by atoms with Crippen molar-refractivity contribution >= 4 is 32.3 Å². The number of rotatable bonds is 6. The van der Waals surface area contributed by atoms with Gasteiger partial charge in [-0.25, -0.2) is 13.2 Å². The van der Waals surface area contributed by atoms with Crippen molar-refractivity contribution in [2.24, 2.45) is 0 Å². The van der Waals surface area contributed by atoms with E-state index in [1.807, 2.05) is 31.1 Å². The minimum atomic E-state index is -4.04. The van der Waals surface area contributed by atoms with Crippen molar-refractivity contribution in [3.05, 3.63) is 59.1 Å². The standard InChI is InChI=1S/C21H24N4O6S/c1-24(2)15-7-3-6-14-13(15)5-4-8-18(14)32(29,30)23-19-9-10-25(21(28)22-19)20-11-16(27)17(12-26)31-20/h3-10,16-17,20,26-27H,11-12H2,1-2H3,(H,22,23,28)/t16-,17+,20+/m0/s1. The monoisotopic (exact) mass is 460 g/mol.